The second-order valence-corrected chi connectivity index (χ2v) is 6.00. The van der Waals surface area contributed by atoms with Gasteiger partial charge in [-0.15, -0.1) is 5.10 Å². The predicted molar refractivity (Wildman–Crippen MR) is 91.0 cm³/mol. The van der Waals surface area contributed by atoms with E-state index in [0.29, 0.717) is 23.8 Å². The van der Waals surface area contributed by atoms with E-state index in [4.69, 9.17) is 4.74 Å². The lowest BCUT2D eigenvalue weighted by atomic mass is 10.2. The summed E-state index contributed by atoms with van der Waals surface area (Å²) in [6, 6.07) is 12.2. The zero-order valence-electron chi connectivity index (χ0n) is 12.9. The third-order valence-electron chi connectivity index (χ3n) is 3.31. The normalized spacial score (nSPS) is 10.6. The van der Waals surface area contributed by atoms with Crippen molar-refractivity contribution in [2.24, 2.45) is 7.05 Å². The molecule has 1 N–H and O–H groups in total. The van der Waals surface area contributed by atoms with E-state index >= 15 is 0 Å². The summed E-state index contributed by atoms with van der Waals surface area (Å²) < 4.78 is 20.4. The molecule has 124 valence electrons. The molecular weight excluding hydrogens is 377 g/mol. The van der Waals surface area contributed by atoms with Crippen LogP contribution in [0.25, 0.3) is 0 Å². The number of anilines is 1. The average molecular weight is 392 g/mol. The largest absolute Gasteiger partial charge is 0.488 e. The second kappa shape index (κ2) is 7.39. The Hall–Kier alpha value is -2.48. The highest BCUT2D eigenvalue weighted by Gasteiger charge is 2.08. The Morgan fingerprint density at radius 3 is 2.79 bits per heavy atom. The number of aromatic nitrogens is 4. The molecule has 8 heteroatoms. The van der Waals surface area contributed by atoms with Gasteiger partial charge in [0.05, 0.1) is 7.05 Å². The average Bonchev–Trinajstić information content (AvgIpc) is 2.99. The Kier molecular flexibility index (Phi) is 5.05. The van der Waals surface area contributed by atoms with E-state index in [1.807, 2.05) is 18.2 Å². The second-order valence-electron chi connectivity index (χ2n) is 5.09. The quantitative estimate of drug-likeness (QED) is 0.698. The fourth-order valence-electron chi connectivity index (χ4n) is 2.13. The number of ether oxygens (including phenoxy) is 1. The summed E-state index contributed by atoms with van der Waals surface area (Å²) in [5.74, 6) is 0.813. The van der Waals surface area contributed by atoms with Crippen molar-refractivity contribution in [3.8, 4) is 5.75 Å². The highest BCUT2D eigenvalue weighted by molar-refractivity contribution is 9.10. The SMILES string of the molecule is Cn1nnc(NCc2cc(Br)ccc2OCc2ccccc2F)n1. The smallest absolute Gasteiger partial charge is 0.263 e. The zero-order valence-corrected chi connectivity index (χ0v) is 14.5. The van der Waals surface area contributed by atoms with Crippen molar-refractivity contribution in [3.05, 3.63) is 63.9 Å². The van der Waals surface area contributed by atoms with E-state index in [1.54, 1.807) is 25.2 Å². The molecule has 2 aromatic carbocycles. The first kappa shape index (κ1) is 16.4. The van der Waals surface area contributed by atoms with Crippen LogP contribution in [0, 0.1) is 5.82 Å². The fraction of sp³-hybridized carbons (Fsp3) is 0.188. The summed E-state index contributed by atoms with van der Waals surface area (Å²) in [6.45, 7) is 0.614. The van der Waals surface area contributed by atoms with Crippen LogP contribution >= 0.6 is 15.9 Å². The van der Waals surface area contributed by atoms with Crippen molar-refractivity contribution in [2.75, 3.05) is 5.32 Å². The minimum absolute atomic E-state index is 0.157. The summed E-state index contributed by atoms with van der Waals surface area (Å²) in [4.78, 5) is 1.37. The van der Waals surface area contributed by atoms with E-state index in [1.165, 1.54) is 10.9 Å². The van der Waals surface area contributed by atoms with Gasteiger partial charge in [-0.25, -0.2) is 4.39 Å². The van der Waals surface area contributed by atoms with Gasteiger partial charge in [-0.2, -0.15) is 4.80 Å². The summed E-state index contributed by atoms with van der Waals surface area (Å²) in [6.07, 6.45) is 0. The van der Waals surface area contributed by atoms with E-state index in [0.717, 1.165) is 10.0 Å². The number of aryl methyl sites for hydroxylation is 1. The first-order valence-electron chi connectivity index (χ1n) is 7.24. The van der Waals surface area contributed by atoms with Crippen LogP contribution < -0.4 is 10.1 Å². The monoisotopic (exact) mass is 391 g/mol. The van der Waals surface area contributed by atoms with Crippen molar-refractivity contribution in [2.45, 2.75) is 13.2 Å². The van der Waals surface area contributed by atoms with E-state index < -0.39 is 0 Å². The Labute approximate surface area is 146 Å². The summed E-state index contributed by atoms with van der Waals surface area (Å²) in [5, 5.41) is 14.8. The Bertz CT molecular complexity index is 839. The van der Waals surface area contributed by atoms with Gasteiger partial charge in [-0.05, 0) is 29.5 Å². The Morgan fingerprint density at radius 1 is 1.21 bits per heavy atom. The highest BCUT2D eigenvalue weighted by Crippen LogP contribution is 2.25. The molecule has 0 aliphatic rings. The van der Waals surface area contributed by atoms with Gasteiger partial charge in [0.15, 0.2) is 0 Å². The summed E-state index contributed by atoms with van der Waals surface area (Å²) in [7, 11) is 1.69. The van der Waals surface area contributed by atoms with Crippen LogP contribution in [0.5, 0.6) is 5.75 Å². The molecular formula is C16H15BrFN5O. The molecule has 3 rings (SSSR count). The molecule has 6 nitrogen and oxygen atoms in total. The number of rotatable bonds is 6. The summed E-state index contributed by atoms with van der Waals surface area (Å²) >= 11 is 3.44. The molecule has 0 atom stereocenters. The van der Waals surface area contributed by atoms with Crippen LogP contribution in [-0.2, 0) is 20.2 Å². The molecule has 0 fully saturated rings. The molecule has 3 aromatic rings. The van der Waals surface area contributed by atoms with Gasteiger partial charge < -0.3 is 10.1 Å². The molecule has 1 heterocycles. The summed E-state index contributed by atoms with van der Waals surface area (Å²) in [5.41, 5.74) is 1.41. The molecule has 0 unspecified atom stereocenters. The number of nitrogens with zero attached hydrogens (tertiary/aromatic N) is 4. The van der Waals surface area contributed by atoms with Gasteiger partial charge in [-0.1, -0.05) is 39.2 Å². The van der Waals surface area contributed by atoms with Crippen LogP contribution in [0.1, 0.15) is 11.1 Å². The molecule has 0 bridgehead atoms. The molecule has 0 saturated carbocycles. The van der Waals surface area contributed by atoms with Gasteiger partial charge >= 0.3 is 0 Å². The van der Waals surface area contributed by atoms with Gasteiger partial charge in [0.2, 0.25) is 0 Å². The highest BCUT2D eigenvalue weighted by atomic mass is 79.9. The van der Waals surface area contributed by atoms with Crippen molar-refractivity contribution in [1.82, 2.24) is 20.2 Å². The van der Waals surface area contributed by atoms with Crippen molar-refractivity contribution < 1.29 is 9.13 Å². The minimum atomic E-state index is -0.280. The third-order valence-corrected chi connectivity index (χ3v) is 3.80. The number of halogens is 2. The Morgan fingerprint density at radius 2 is 2.04 bits per heavy atom. The zero-order chi connectivity index (χ0) is 16.9. The van der Waals surface area contributed by atoms with Crippen molar-refractivity contribution in [3.63, 3.8) is 0 Å². The number of hydrogen-bond donors (Lipinski definition) is 1. The number of hydrogen-bond acceptors (Lipinski definition) is 5. The van der Waals surface area contributed by atoms with Crippen LogP contribution in [0.2, 0.25) is 0 Å². The van der Waals surface area contributed by atoms with Gasteiger partial charge in [0.1, 0.15) is 18.2 Å². The van der Waals surface area contributed by atoms with Crippen molar-refractivity contribution >= 4 is 21.9 Å². The molecule has 0 amide bonds. The molecule has 0 spiro atoms. The topological polar surface area (TPSA) is 64.9 Å². The lowest BCUT2D eigenvalue weighted by Crippen LogP contribution is -2.06. The maximum atomic E-state index is 13.7. The molecule has 0 radical (unpaired) electrons. The third kappa shape index (κ3) is 4.08. The molecule has 0 aliphatic heterocycles. The maximum Gasteiger partial charge on any atom is 0.263 e. The fourth-order valence-corrected chi connectivity index (χ4v) is 2.54. The van der Waals surface area contributed by atoms with Crippen LogP contribution in [0.4, 0.5) is 10.3 Å². The van der Waals surface area contributed by atoms with Gasteiger partial charge in [-0.3, -0.25) is 0 Å². The van der Waals surface area contributed by atoms with Crippen LogP contribution in [0.15, 0.2) is 46.9 Å². The van der Waals surface area contributed by atoms with Gasteiger partial charge in [0.25, 0.3) is 5.95 Å². The lowest BCUT2D eigenvalue weighted by molar-refractivity contribution is 0.297. The van der Waals surface area contributed by atoms with Crippen molar-refractivity contribution in [1.29, 1.82) is 0 Å². The first-order chi connectivity index (χ1) is 11.6. The minimum Gasteiger partial charge on any atom is -0.488 e. The maximum absolute atomic E-state index is 13.7. The molecule has 24 heavy (non-hydrogen) atoms. The van der Waals surface area contributed by atoms with Crippen LogP contribution in [-0.4, -0.2) is 20.2 Å². The Balaban J connectivity index is 1.71. The van der Waals surface area contributed by atoms with Gasteiger partial charge in [0, 0.05) is 22.1 Å². The number of benzene rings is 2. The standard InChI is InChI=1S/C16H15BrFN5O/c1-23-21-16(20-22-23)19-9-12-8-13(17)6-7-15(12)24-10-11-4-2-3-5-14(11)18/h2-8H,9-10H2,1H3,(H,19,21). The molecule has 0 aliphatic carbocycles. The molecule has 1 aromatic heterocycles. The van der Waals surface area contributed by atoms with E-state index in [-0.39, 0.29) is 12.4 Å². The lowest BCUT2D eigenvalue weighted by Gasteiger charge is -2.12. The number of nitrogens with one attached hydrogen (secondary N) is 1. The van der Waals surface area contributed by atoms with E-state index in [9.17, 15) is 4.39 Å². The molecule has 0 saturated heterocycles. The van der Waals surface area contributed by atoms with E-state index in [2.05, 4.69) is 36.7 Å². The number of tetrazole rings is 1. The first-order valence-corrected chi connectivity index (χ1v) is 8.03. The predicted octanol–water partition coefficient (Wildman–Crippen LogP) is 3.30. The van der Waals surface area contributed by atoms with Crippen LogP contribution in [0.3, 0.4) is 0 Å².